The van der Waals surface area contributed by atoms with E-state index in [0.29, 0.717) is 5.92 Å². The molecule has 4 heteroatoms. The lowest BCUT2D eigenvalue weighted by Gasteiger charge is -2.36. The molecule has 2 heterocycles. The lowest BCUT2D eigenvalue weighted by molar-refractivity contribution is -0.134. The lowest BCUT2D eigenvalue weighted by Crippen LogP contribution is -2.46. The van der Waals surface area contributed by atoms with Crippen molar-refractivity contribution in [1.29, 1.82) is 0 Å². The topological polar surface area (TPSA) is 52.6 Å². The van der Waals surface area contributed by atoms with Gasteiger partial charge in [0.1, 0.15) is 0 Å². The van der Waals surface area contributed by atoms with E-state index in [1.54, 1.807) is 0 Å². The lowest BCUT2D eigenvalue weighted by atomic mass is 9.87. The van der Waals surface area contributed by atoms with E-state index in [1.165, 1.54) is 11.1 Å². The van der Waals surface area contributed by atoms with E-state index in [2.05, 4.69) is 17.4 Å². The average molecular weight is 288 g/mol. The summed E-state index contributed by atoms with van der Waals surface area (Å²) in [5, 5.41) is 13.0. The summed E-state index contributed by atoms with van der Waals surface area (Å²) in [6, 6.07) is 8.23. The maximum atomic E-state index is 12.8. The van der Waals surface area contributed by atoms with E-state index in [-0.39, 0.29) is 17.9 Å². The highest BCUT2D eigenvalue weighted by molar-refractivity contribution is 5.84. The Morgan fingerprint density at radius 2 is 2.05 bits per heavy atom. The van der Waals surface area contributed by atoms with Crippen LogP contribution in [0.25, 0.3) is 0 Å². The molecule has 1 aromatic rings. The molecule has 2 N–H and O–H groups in total. The molecule has 0 bridgehead atoms. The van der Waals surface area contributed by atoms with Crippen molar-refractivity contribution in [3.8, 4) is 0 Å². The molecule has 0 spiro atoms. The Morgan fingerprint density at radius 1 is 1.33 bits per heavy atom. The van der Waals surface area contributed by atoms with Crippen LogP contribution >= 0.6 is 0 Å². The van der Waals surface area contributed by atoms with Gasteiger partial charge in [0.2, 0.25) is 5.91 Å². The van der Waals surface area contributed by atoms with Crippen LogP contribution in [0.15, 0.2) is 24.3 Å². The predicted octanol–water partition coefficient (Wildman–Crippen LogP) is 1.49. The number of amides is 1. The van der Waals surface area contributed by atoms with Crippen LogP contribution in [0.4, 0.5) is 0 Å². The number of nitrogens with one attached hydrogen (secondary N) is 1. The first-order valence-electron chi connectivity index (χ1n) is 7.92. The first kappa shape index (κ1) is 14.5. The first-order chi connectivity index (χ1) is 10.2. The van der Waals surface area contributed by atoms with Gasteiger partial charge < -0.3 is 15.3 Å². The van der Waals surface area contributed by atoms with Crippen LogP contribution in [0.2, 0.25) is 0 Å². The van der Waals surface area contributed by atoms with Crippen LogP contribution in [0, 0.1) is 5.92 Å². The highest BCUT2D eigenvalue weighted by Gasteiger charge is 2.32. The SMILES string of the molecule is CC(O)C1CCN(C(=O)C2CNCc3ccccc32)CC1. The molecule has 2 aliphatic heterocycles. The van der Waals surface area contributed by atoms with Gasteiger partial charge in [-0.1, -0.05) is 24.3 Å². The fourth-order valence-corrected chi connectivity index (χ4v) is 3.54. The van der Waals surface area contributed by atoms with Crippen LogP contribution in [0.1, 0.15) is 36.8 Å². The first-order valence-corrected chi connectivity index (χ1v) is 7.92. The molecular formula is C17H24N2O2. The predicted molar refractivity (Wildman–Crippen MR) is 81.9 cm³/mol. The van der Waals surface area contributed by atoms with Gasteiger partial charge in [0, 0.05) is 26.2 Å². The number of likely N-dealkylation sites (tertiary alicyclic amines) is 1. The summed E-state index contributed by atoms with van der Waals surface area (Å²) in [6.07, 6.45) is 1.55. The maximum absolute atomic E-state index is 12.8. The second-order valence-corrected chi connectivity index (χ2v) is 6.29. The summed E-state index contributed by atoms with van der Waals surface area (Å²) >= 11 is 0. The Balaban J connectivity index is 1.70. The molecule has 3 rings (SSSR count). The van der Waals surface area contributed by atoms with Gasteiger partial charge in [-0.2, -0.15) is 0 Å². The zero-order chi connectivity index (χ0) is 14.8. The molecule has 0 aromatic heterocycles. The fraction of sp³-hybridized carbons (Fsp3) is 0.588. The van der Waals surface area contributed by atoms with Crippen molar-refractivity contribution >= 4 is 5.91 Å². The molecule has 2 aliphatic rings. The standard InChI is InChI=1S/C17H24N2O2/c1-12(20)13-6-8-19(9-7-13)17(21)16-11-18-10-14-4-2-3-5-15(14)16/h2-5,12-13,16,18,20H,6-11H2,1H3. The van der Waals surface area contributed by atoms with Crippen molar-refractivity contribution in [2.75, 3.05) is 19.6 Å². The monoisotopic (exact) mass is 288 g/mol. The maximum Gasteiger partial charge on any atom is 0.231 e. The van der Waals surface area contributed by atoms with Crippen molar-refractivity contribution in [2.24, 2.45) is 5.92 Å². The minimum atomic E-state index is -0.265. The van der Waals surface area contributed by atoms with Crippen LogP contribution in [0.3, 0.4) is 0 Å². The number of piperidine rings is 1. The molecule has 2 atom stereocenters. The number of aliphatic hydroxyl groups is 1. The smallest absolute Gasteiger partial charge is 0.231 e. The van der Waals surface area contributed by atoms with Crippen molar-refractivity contribution < 1.29 is 9.90 Å². The van der Waals surface area contributed by atoms with Crippen LogP contribution < -0.4 is 5.32 Å². The number of aliphatic hydroxyl groups excluding tert-OH is 1. The third kappa shape index (κ3) is 2.97. The molecule has 4 nitrogen and oxygen atoms in total. The second-order valence-electron chi connectivity index (χ2n) is 6.29. The Kier molecular flexibility index (Phi) is 4.27. The molecule has 21 heavy (non-hydrogen) atoms. The van der Waals surface area contributed by atoms with E-state index < -0.39 is 0 Å². The number of fused-ring (bicyclic) bond motifs is 1. The zero-order valence-electron chi connectivity index (χ0n) is 12.6. The molecule has 1 fully saturated rings. The van der Waals surface area contributed by atoms with Crippen LogP contribution in [-0.2, 0) is 11.3 Å². The molecular weight excluding hydrogens is 264 g/mol. The summed E-state index contributed by atoms with van der Waals surface area (Å²) in [7, 11) is 0. The third-order valence-corrected chi connectivity index (χ3v) is 4.93. The third-order valence-electron chi connectivity index (χ3n) is 4.93. The van der Waals surface area contributed by atoms with E-state index in [9.17, 15) is 9.90 Å². The summed E-state index contributed by atoms with van der Waals surface area (Å²) in [4.78, 5) is 14.8. The minimum absolute atomic E-state index is 0.0574. The fourth-order valence-electron chi connectivity index (χ4n) is 3.54. The number of carbonyl (C=O) groups is 1. The number of nitrogens with zero attached hydrogens (tertiary/aromatic N) is 1. The number of rotatable bonds is 2. The molecule has 0 saturated carbocycles. The highest BCUT2D eigenvalue weighted by Crippen LogP contribution is 2.28. The highest BCUT2D eigenvalue weighted by atomic mass is 16.3. The molecule has 1 aromatic carbocycles. The normalized spacial score (nSPS) is 24.5. The number of hydrogen-bond donors (Lipinski definition) is 2. The molecule has 114 valence electrons. The second kappa shape index (κ2) is 6.16. The number of carbonyl (C=O) groups excluding carboxylic acids is 1. The molecule has 2 unspecified atom stereocenters. The largest absolute Gasteiger partial charge is 0.393 e. The summed E-state index contributed by atoms with van der Waals surface area (Å²) < 4.78 is 0. The van der Waals surface area contributed by atoms with Gasteiger partial charge in [-0.05, 0) is 36.8 Å². The van der Waals surface area contributed by atoms with Crippen LogP contribution in [0.5, 0.6) is 0 Å². The van der Waals surface area contributed by atoms with E-state index in [1.807, 2.05) is 24.0 Å². The van der Waals surface area contributed by atoms with Gasteiger partial charge >= 0.3 is 0 Å². The zero-order valence-corrected chi connectivity index (χ0v) is 12.6. The molecule has 1 amide bonds. The number of benzene rings is 1. The molecule has 1 saturated heterocycles. The summed E-state index contributed by atoms with van der Waals surface area (Å²) in [5.74, 6) is 0.516. The summed E-state index contributed by atoms with van der Waals surface area (Å²) in [6.45, 7) is 4.97. The van der Waals surface area contributed by atoms with Crippen molar-refractivity contribution in [3.05, 3.63) is 35.4 Å². The Morgan fingerprint density at radius 3 is 2.76 bits per heavy atom. The Bertz CT molecular complexity index is 507. The van der Waals surface area contributed by atoms with Crippen LogP contribution in [-0.4, -0.2) is 41.7 Å². The van der Waals surface area contributed by atoms with E-state index in [0.717, 1.165) is 39.0 Å². The summed E-state index contributed by atoms with van der Waals surface area (Å²) in [5.41, 5.74) is 2.42. The van der Waals surface area contributed by atoms with Gasteiger partial charge in [0.25, 0.3) is 0 Å². The minimum Gasteiger partial charge on any atom is -0.393 e. The van der Waals surface area contributed by atoms with Crippen molar-refractivity contribution in [3.63, 3.8) is 0 Å². The average Bonchev–Trinajstić information content (AvgIpc) is 2.53. The van der Waals surface area contributed by atoms with Crippen molar-refractivity contribution in [2.45, 2.75) is 38.3 Å². The quantitative estimate of drug-likeness (QED) is 0.867. The van der Waals surface area contributed by atoms with Crippen molar-refractivity contribution in [1.82, 2.24) is 10.2 Å². The molecule has 0 aliphatic carbocycles. The van der Waals surface area contributed by atoms with E-state index >= 15 is 0 Å². The Labute approximate surface area is 126 Å². The van der Waals surface area contributed by atoms with Gasteiger partial charge in [0.05, 0.1) is 12.0 Å². The van der Waals surface area contributed by atoms with Gasteiger partial charge in [-0.15, -0.1) is 0 Å². The van der Waals surface area contributed by atoms with Gasteiger partial charge in [-0.25, -0.2) is 0 Å². The number of hydrogen-bond acceptors (Lipinski definition) is 3. The van der Waals surface area contributed by atoms with E-state index in [4.69, 9.17) is 0 Å². The molecule has 0 radical (unpaired) electrons. The van der Waals surface area contributed by atoms with Gasteiger partial charge in [-0.3, -0.25) is 4.79 Å². The Hall–Kier alpha value is -1.39. The van der Waals surface area contributed by atoms with Gasteiger partial charge in [0.15, 0.2) is 0 Å².